The number of rotatable bonds is 6. The standard InChI is InChI=1S/C24H25N5O3S/c1-17-13-20(15-25)14-18(2)23(17)32-22-7-8-26-24(28-22)27-21-5-3-19(4-6-21)16-29-9-11-33(30,31)12-10-29/h3-8,13-14H,9-12,16H2,1-2H3,(H,26,27,28). The van der Waals surface area contributed by atoms with Crippen LogP contribution in [0.1, 0.15) is 22.3 Å². The summed E-state index contributed by atoms with van der Waals surface area (Å²) in [5.41, 5.74) is 4.27. The van der Waals surface area contributed by atoms with Gasteiger partial charge in [-0.3, -0.25) is 4.90 Å². The van der Waals surface area contributed by atoms with Crippen LogP contribution in [0.3, 0.4) is 0 Å². The van der Waals surface area contributed by atoms with Crippen molar-refractivity contribution in [3.63, 3.8) is 0 Å². The fourth-order valence-corrected chi connectivity index (χ4v) is 5.01. The maximum atomic E-state index is 11.6. The molecule has 1 aromatic heterocycles. The molecule has 3 aromatic rings. The second-order valence-electron chi connectivity index (χ2n) is 8.12. The van der Waals surface area contributed by atoms with Gasteiger partial charge in [0.2, 0.25) is 11.8 Å². The second kappa shape index (κ2) is 9.57. The lowest BCUT2D eigenvalue weighted by Gasteiger charge is -2.26. The number of nitrogens with zero attached hydrogens (tertiary/aromatic N) is 4. The van der Waals surface area contributed by atoms with E-state index in [0.29, 0.717) is 36.2 Å². The van der Waals surface area contributed by atoms with Gasteiger partial charge >= 0.3 is 0 Å². The van der Waals surface area contributed by atoms with Crippen molar-refractivity contribution in [2.45, 2.75) is 20.4 Å². The molecule has 33 heavy (non-hydrogen) atoms. The Balaban J connectivity index is 1.40. The van der Waals surface area contributed by atoms with Gasteiger partial charge in [0.1, 0.15) is 5.75 Å². The number of hydrogen-bond acceptors (Lipinski definition) is 8. The maximum Gasteiger partial charge on any atom is 0.230 e. The first-order valence-electron chi connectivity index (χ1n) is 10.6. The van der Waals surface area contributed by atoms with Gasteiger partial charge in [-0.1, -0.05) is 12.1 Å². The molecule has 1 fully saturated rings. The predicted octanol–water partition coefficient (Wildman–Crippen LogP) is 3.73. The number of nitrogens with one attached hydrogen (secondary N) is 1. The molecule has 1 N–H and O–H groups in total. The van der Waals surface area contributed by atoms with Crippen LogP contribution in [0, 0.1) is 25.2 Å². The van der Waals surface area contributed by atoms with Crippen LogP contribution in [-0.4, -0.2) is 47.9 Å². The fraction of sp³-hybridized carbons (Fsp3) is 0.292. The number of anilines is 2. The lowest BCUT2D eigenvalue weighted by atomic mass is 10.1. The molecule has 0 saturated carbocycles. The third-order valence-corrected chi connectivity index (χ3v) is 7.09. The molecular weight excluding hydrogens is 438 g/mol. The molecule has 1 aliphatic rings. The van der Waals surface area contributed by atoms with Crippen LogP contribution in [-0.2, 0) is 16.4 Å². The van der Waals surface area contributed by atoms with Gasteiger partial charge in [-0.15, -0.1) is 0 Å². The van der Waals surface area contributed by atoms with Gasteiger partial charge in [0.25, 0.3) is 0 Å². The number of sulfone groups is 1. The molecule has 8 nitrogen and oxygen atoms in total. The van der Waals surface area contributed by atoms with Crippen molar-refractivity contribution in [2.24, 2.45) is 0 Å². The third kappa shape index (κ3) is 5.86. The van der Waals surface area contributed by atoms with Crippen molar-refractivity contribution in [3.8, 4) is 17.7 Å². The molecule has 9 heteroatoms. The van der Waals surface area contributed by atoms with Crippen LogP contribution in [0.5, 0.6) is 11.6 Å². The highest BCUT2D eigenvalue weighted by atomic mass is 32.2. The molecule has 0 radical (unpaired) electrons. The Morgan fingerprint density at radius 3 is 2.39 bits per heavy atom. The van der Waals surface area contributed by atoms with Crippen LogP contribution in [0.2, 0.25) is 0 Å². The molecule has 0 spiro atoms. The van der Waals surface area contributed by atoms with E-state index in [1.54, 1.807) is 24.4 Å². The summed E-state index contributed by atoms with van der Waals surface area (Å²) in [7, 11) is -2.87. The predicted molar refractivity (Wildman–Crippen MR) is 126 cm³/mol. The van der Waals surface area contributed by atoms with E-state index < -0.39 is 9.84 Å². The van der Waals surface area contributed by atoms with Crippen molar-refractivity contribution in [1.29, 1.82) is 5.26 Å². The monoisotopic (exact) mass is 463 g/mol. The Bertz CT molecular complexity index is 1260. The summed E-state index contributed by atoms with van der Waals surface area (Å²) < 4.78 is 29.2. The SMILES string of the molecule is Cc1cc(C#N)cc(C)c1Oc1ccnc(Nc2ccc(CN3CCS(=O)(=O)CC3)cc2)n1. The summed E-state index contributed by atoms with van der Waals surface area (Å²) in [6.07, 6.45) is 1.62. The Labute approximate surface area is 193 Å². The van der Waals surface area contributed by atoms with Crippen molar-refractivity contribution < 1.29 is 13.2 Å². The van der Waals surface area contributed by atoms with Crippen molar-refractivity contribution in [3.05, 3.63) is 70.9 Å². The van der Waals surface area contributed by atoms with Crippen LogP contribution in [0.25, 0.3) is 0 Å². The average Bonchev–Trinajstić information content (AvgIpc) is 2.79. The van der Waals surface area contributed by atoms with Gasteiger partial charge < -0.3 is 10.1 Å². The quantitative estimate of drug-likeness (QED) is 0.589. The molecule has 0 atom stereocenters. The molecule has 1 saturated heterocycles. The summed E-state index contributed by atoms with van der Waals surface area (Å²) in [6, 6.07) is 15.3. The lowest BCUT2D eigenvalue weighted by molar-refractivity contribution is 0.287. The highest BCUT2D eigenvalue weighted by molar-refractivity contribution is 7.91. The summed E-state index contributed by atoms with van der Waals surface area (Å²) in [5, 5.41) is 12.3. The number of hydrogen-bond donors (Lipinski definition) is 1. The molecule has 0 aliphatic carbocycles. The molecule has 4 rings (SSSR count). The Morgan fingerprint density at radius 2 is 1.76 bits per heavy atom. The molecule has 1 aliphatic heterocycles. The first-order valence-corrected chi connectivity index (χ1v) is 12.4. The van der Waals surface area contributed by atoms with Crippen molar-refractivity contribution in [2.75, 3.05) is 29.9 Å². The molecule has 0 unspecified atom stereocenters. The normalized spacial score (nSPS) is 15.5. The average molecular weight is 464 g/mol. The summed E-state index contributed by atoms with van der Waals surface area (Å²) >= 11 is 0. The molecule has 2 heterocycles. The zero-order chi connectivity index (χ0) is 23.4. The van der Waals surface area contributed by atoms with Crippen LogP contribution in [0.4, 0.5) is 11.6 Å². The Kier molecular flexibility index (Phi) is 6.58. The lowest BCUT2D eigenvalue weighted by Crippen LogP contribution is -2.39. The highest BCUT2D eigenvalue weighted by Crippen LogP contribution is 2.29. The zero-order valence-electron chi connectivity index (χ0n) is 18.6. The molecule has 170 valence electrons. The molecule has 0 bridgehead atoms. The van der Waals surface area contributed by atoms with Gasteiger partial charge in [0.15, 0.2) is 9.84 Å². The molecule has 0 amide bonds. The third-order valence-electron chi connectivity index (χ3n) is 5.48. The van der Waals surface area contributed by atoms with Gasteiger partial charge in [-0.2, -0.15) is 10.2 Å². The van der Waals surface area contributed by atoms with Crippen LogP contribution >= 0.6 is 0 Å². The van der Waals surface area contributed by atoms with E-state index in [0.717, 1.165) is 28.9 Å². The van der Waals surface area contributed by atoms with E-state index in [2.05, 4.69) is 26.3 Å². The van der Waals surface area contributed by atoms with Crippen LogP contribution < -0.4 is 10.1 Å². The van der Waals surface area contributed by atoms with E-state index in [1.165, 1.54) is 0 Å². The van der Waals surface area contributed by atoms with Crippen molar-refractivity contribution in [1.82, 2.24) is 14.9 Å². The van der Waals surface area contributed by atoms with Gasteiger partial charge in [0.05, 0.1) is 23.1 Å². The number of aromatic nitrogens is 2. The summed E-state index contributed by atoms with van der Waals surface area (Å²) in [6.45, 7) is 5.66. The zero-order valence-corrected chi connectivity index (χ0v) is 19.4. The highest BCUT2D eigenvalue weighted by Gasteiger charge is 2.21. The van der Waals surface area contributed by atoms with Gasteiger partial charge in [-0.05, 0) is 54.8 Å². The minimum Gasteiger partial charge on any atom is -0.438 e. The number of nitriles is 1. The molecule has 2 aromatic carbocycles. The van der Waals surface area contributed by atoms with E-state index in [9.17, 15) is 8.42 Å². The number of benzene rings is 2. The number of aryl methyl sites for hydroxylation is 2. The maximum absolute atomic E-state index is 11.6. The van der Waals surface area contributed by atoms with E-state index in [4.69, 9.17) is 10.00 Å². The first-order chi connectivity index (χ1) is 15.8. The van der Waals surface area contributed by atoms with E-state index >= 15 is 0 Å². The first kappa shape index (κ1) is 22.7. The van der Waals surface area contributed by atoms with Crippen molar-refractivity contribution >= 4 is 21.5 Å². The second-order valence-corrected chi connectivity index (χ2v) is 10.4. The van der Waals surface area contributed by atoms with E-state index in [-0.39, 0.29) is 11.5 Å². The minimum atomic E-state index is -2.87. The fourth-order valence-electron chi connectivity index (χ4n) is 3.73. The summed E-state index contributed by atoms with van der Waals surface area (Å²) in [5.74, 6) is 1.94. The molecular formula is C24H25N5O3S. The summed E-state index contributed by atoms with van der Waals surface area (Å²) in [4.78, 5) is 10.9. The van der Waals surface area contributed by atoms with Gasteiger partial charge in [0, 0.05) is 37.6 Å². The largest absolute Gasteiger partial charge is 0.438 e. The smallest absolute Gasteiger partial charge is 0.230 e. The minimum absolute atomic E-state index is 0.226. The number of ether oxygens (including phenoxy) is 1. The van der Waals surface area contributed by atoms with E-state index in [1.807, 2.05) is 38.1 Å². The van der Waals surface area contributed by atoms with Gasteiger partial charge in [-0.25, -0.2) is 13.4 Å². The topological polar surface area (TPSA) is 108 Å². The Hall–Kier alpha value is -3.48. The Morgan fingerprint density at radius 1 is 1.09 bits per heavy atom. The van der Waals surface area contributed by atoms with Crippen LogP contribution in [0.15, 0.2) is 48.7 Å².